The van der Waals surface area contributed by atoms with Crippen LogP contribution in [0.2, 0.25) is 0 Å². The van der Waals surface area contributed by atoms with Crippen molar-refractivity contribution in [2.45, 2.75) is 70.6 Å². The van der Waals surface area contributed by atoms with Gasteiger partial charge < -0.3 is 24.6 Å². The molecule has 0 radical (unpaired) electrons. The van der Waals surface area contributed by atoms with E-state index in [1.165, 1.54) is 4.90 Å². The van der Waals surface area contributed by atoms with Crippen molar-refractivity contribution < 1.29 is 50.2 Å². The lowest BCUT2D eigenvalue weighted by Crippen LogP contribution is -2.59. The third-order valence-corrected chi connectivity index (χ3v) is 7.05. The third kappa shape index (κ3) is 9.03. The van der Waals surface area contributed by atoms with Crippen LogP contribution in [0.3, 0.4) is 0 Å². The Labute approximate surface area is 260 Å². The highest BCUT2D eigenvalue weighted by atomic mass is 19.4. The van der Waals surface area contributed by atoms with Crippen LogP contribution in [0.5, 0.6) is 0 Å². The number of halogens is 6. The van der Waals surface area contributed by atoms with Crippen molar-refractivity contribution >= 4 is 23.8 Å². The number of carbonyl (C=O) groups excluding carboxylic acids is 3. The van der Waals surface area contributed by atoms with Crippen molar-refractivity contribution in [2.24, 2.45) is 5.10 Å². The number of piperazine rings is 1. The quantitative estimate of drug-likeness (QED) is 0.181. The predicted octanol–water partition coefficient (Wildman–Crippen LogP) is 4.68. The maximum Gasteiger partial charge on any atom is 0.502 e. The zero-order chi connectivity index (χ0) is 33.8. The zero-order valence-corrected chi connectivity index (χ0v) is 25.2. The molecule has 1 N–H and O–H groups in total. The molecule has 0 saturated carbocycles. The molecule has 2 aliphatic heterocycles. The van der Waals surface area contributed by atoms with E-state index in [1.54, 1.807) is 51.1 Å². The lowest BCUT2D eigenvalue weighted by molar-refractivity contribution is -0.247. The first kappa shape index (κ1) is 34.4. The summed E-state index contributed by atoms with van der Waals surface area (Å²) in [5.41, 5.74) is -0.645. The normalized spacial score (nSPS) is 17.3. The minimum absolute atomic E-state index is 0.0608. The van der Waals surface area contributed by atoms with Gasteiger partial charge in [0.15, 0.2) is 11.6 Å². The van der Waals surface area contributed by atoms with Crippen molar-refractivity contribution in [1.82, 2.24) is 20.1 Å². The fourth-order valence-electron chi connectivity index (χ4n) is 4.99. The van der Waals surface area contributed by atoms with Gasteiger partial charge in [-0.2, -0.15) is 10.1 Å². The van der Waals surface area contributed by atoms with Gasteiger partial charge in [0.1, 0.15) is 36.6 Å². The van der Waals surface area contributed by atoms with Crippen LogP contribution >= 0.6 is 0 Å². The lowest BCUT2D eigenvalue weighted by atomic mass is 10.00. The highest BCUT2D eigenvalue weighted by Gasteiger charge is 2.47. The number of fused-ring (bicyclic) bond motifs is 1. The van der Waals surface area contributed by atoms with Gasteiger partial charge in [-0.05, 0) is 44.4 Å². The van der Waals surface area contributed by atoms with Gasteiger partial charge >= 0.3 is 18.4 Å². The second-order valence-corrected chi connectivity index (χ2v) is 11.8. The standard InChI is InChI=1S/C30H33F6N5O5/c1-29(2,3)46-28(44)37-20(11-19-12-22(32)23(33)14-21(19)31)13-25(42)40-10-9-39-17-41(30(34,35)36)38-27(39)24(40)15-26(43)45-16-18-7-5-4-6-8-18/h4-8,12,14,20,24H,9-11,13,15-17H2,1-3H3,(H,37,44)/t20-,24?/m1/s1. The minimum atomic E-state index is -4.82. The molecule has 1 fully saturated rings. The number of amidine groups is 1. The van der Waals surface area contributed by atoms with Gasteiger partial charge in [0.2, 0.25) is 5.91 Å². The van der Waals surface area contributed by atoms with E-state index in [0.717, 1.165) is 4.90 Å². The van der Waals surface area contributed by atoms with Crippen LogP contribution in [0, 0.1) is 17.5 Å². The second kappa shape index (κ2) is 13.9. The third-order valence-electron chi connectivity index (χ3n) is 7.05. The summed E-state index contributed by atoms with van der Waals surface area (Å²) in [6.45, 7) is 3.79. The monoisotopic (exact) mass is 657 g/mol. The summed E-state index contributed by atoms with van der Waals surface area (Å²) in [5, 5.41) is 5.99. The molecular formula is C30H33F6N5O5. The van der Waals surface area contributed by atoms with Crippen molar-refractivity contribution in [3.05, 3.63) is 71.0 Å². The summed E-state index contributed by atoms with van der Waals surface area (Å²) < 4.78 is 93.3. The number of benzene rings is 2. The Morgan fingerprint density at radius 3 is 2.33 bits per heavy atom. The highest BCUT2D eigenvalue weighted by Crippen LogP contribution is 2.30. The van der Waals surface area contributed by atoms with E-state index >= 15 is 0 Å². The van der Waals surface area contributed by atoms with Crippen LogP contribution in [-0.4, -0.2) is 82.4 Å². The Balaban J connectivity index is 1.58. The molecule has 2 aliphatic rings. The van der Waals surface area contributed by atoms with Crippen LogP contribution in [0.15, 0.2) is 47.6 Å². The van der Waals surface area contributed by atoms with E-state index in [9.17, 15) is 40.7 Å². The molecule has 4 rings (SSSR count). The van der Waals surface area contributed by atoms with Crippen LogP contribution in [-0.2, 0) is 32.1 Å². The van der Waals surface area contributed by atoms with Gasteiger partial charge in [0.25, 0.3) is 0 Å². The maximum absolute atomic E-state index is 14.6. The summed E-state index contributed by atoms with van der Waals surface area (Å²) in [6, 6.07) is 7.07. The van der Waals surface area contributed by atoms with E-state index in [4.69, 9.17) is 9.47 Å². The van der Waals surface area contributed by atoms with E-state index < -0.39 is 85.3 Å². The molecule has 2 heterocycles. The van der Waals surface area contributed by atoms with Crippen molar-refractivity contribution in [1.29, 1.82) is 0 Å². The molecule has 2 aromatic rings. The van der Waals surface area contributed by atoms with Crippen molar-refractivity contribution in [2.75, 3.05) is 19.8 Å². The molecule has 2 aromatic carbocycles. The molecule has 1 saturated heterocycles. The number of alkyl carbamates (subject to hydrolysis) is 1. The molecule has 250 valence electrons. The summed E-state index contributed by atoms with van der Waals surface area (Å²) in [6.07, 6.45) is -7.39. The number of hydrogen-bond donors (Lipinski definition) is 1. The van der Waals surface area contributed by atoms with Crippen LogP contribution in [0.4, 0.5) is 31.1 Å². The predicted molar refractivity (Wildman–Crippen MR) is 151 cm³/mol. The fourth-order valence-corrected chi connectivity index (χ4v) is 4.99. The molecule has 0 bridgehead atoms. The number of ether oxygens (including phenoxy) is 2. The summed E-state index contributed by atoms with van der Waals surface area (Å²) in [4.78, 5) is 41.7. The van der Waals surface area contributed by atoms with Gasteiger partial charge in [-0.15, -0.1) is 13.2 Å². The number of hydrazone groups is 1. The topological polar surface area (TPSA) is 104 Å². The molecule has 16 heteroatoms. The average Bonchev–Trinajstić information content (AvgIpc) is 3.40. The molecular weight excluding hydrogens is 624 g/mol. The van der Waals surface area contributed by atoms with Gasteiger partial charge in [-0.1, -0.05) is 30.3 Å². The van der Waals surface area contributed by atoms with Crippen molar-refractivity contribution in [3.63, 3.8) is 0 Å². The Kier molecular flexibility index (Phi) is 10.4. The zero-order valence-electron chi connectivity index (χ0n) is 25.2. The Hall–Kier alpha value is -4.50. The van der Waals surface area contributed by atoms with E-state index in [0.29, 0.717) is 17.7 Å². The minimum Gasteiger partial charge on any atom is -0.461 e. The number of hydrogen-bond acceptors (Lipinski definition) is 8. The lowest BCUT2D eigenvalue weighted by Gasteiger charge is -2.40. The van der Waals surface area contributed by atoms with Gasteiger partial charge in [-0.25, -0.2) is 18.0 Å². The first-order valence-electron chi connectivity index (χ1n) is 14.3. The molecule has 10 nitrogen and oxygen atoms in total. The molecule has 46 heavy (non-hydrogen) atoms. The van der Waals surface area contributed by atoms with Crippen LogP contribution in [0.25, 0.3) is 0 Å². The molecule has 0 aliphatic carbocycles. The van der Waals surface area contributed by atoms with E-state index in [2.05, 4.69) is 10.4 Å². The van der Waals surface area contributed by atoms with Gasteiger partial charge in [0, 0.05) is 31.6 Å². The van der Waals surface area contributed by atoms with Crippen LogP contribution < -0.4 is 5.32 Å². The van der Waals surface area contributed by atoms with E-state index in [1.807, 2.05) is 0 Å². The maximum atomic E-state index is 14.6. The number of amides is 2. The molecule has 2 amide bonds. The number of carbonyl (C=O) groups is 3. The van der Waals surface area contributed by atoms with Gasteiger partial charge in [-0.3, -0.25) is 9.59 Å². The average molecular weight is 658 g/mol. The first-order chi connectivity index (χ1) is 21.5. The first-order valence-corrected chi connectivity index (χ1v) is 14.3. The molecule has 1 unspecified atom stereocenters. The highest BCUT2D eigenvalue weighted by molar-refractivity contribution is 5.96. The fraction of sp³-hybridized carbons (Fsp3) is 0.467. The van der Waals surface area contributed by atoms with Crippen molar-refractivity contribution in [3.8, 4) is 0 Å². The summed E-state index contributed by atoms with van der Waals surface area (Å²) >= 11 is 0. The van der Waals surface area contributed by atoms with E-state index in [-0.39, 0.29) is 36.1 Å². The van der Waals surface area contributed by atoms with Crippen LogP contribution in [0.1, 0.15) is 44.7 Å². The summed E-state index contributed by atoms with van der Waals surface area (Å²) in [5.74, 6) is -5.64. The largest absolute Gasteiger partial charge is 0.502 e. The summed E-state index contributed by atoms with van der Waals surface area (Å²) in [7, 11) is 0. The number of nitrogens with one attached hydrogen (secondary N) is 1. The second-order valence-electron chi connectivity index (χ2n) is 11.8. The number of esters is 1. The molecule has 2 atom stereocenters. The molecule has 0 aromatic heterocycles. The number of alkyl halides is 3. The van der Waals surface area contributed by atoms with Gasteiger partial charge in [0.05, 0.1) is 6.42 Å². The Morgan fingerprint density at radius 1 is 1.00 bits per heavy atom. The Morgan fingerprint density at radius 2 is 1.67 bits per heavy atom. The SMILES string of the molecule is CC(C)(C)OC(=O)N[C@@H](CC(=O)N1CCN2CN(C(F)(F)F)N=C2C1CC(=O)OCc1ccccc1)Cc1cc(F)c(F)cc1F. The Bertz CT molecular complexity index is 1470. The molecule has 0 spiro atoms. The number of nitrogens with zero attached hydrogens (tertiary/aromatic N) is 4. The smallest absolute Gasteiger partial charge is 0.461 e. The number of rotatable bonds is 9.